The highest BCUT2D eigenvalue weighted by Gasteiger charge is 2.39. The van der Waals surface area contributed by atoms with Gasteiger partial charge in [-0.25, -0.2) is 0 Å². The molecule has 0 aromatic heterocycles. The number of amides is 1. The van der Waals surface area contributed by atoms with Crippen molar-refractivity contribution in [3.05, 3.63) is 53.6 Å². The zero-order valence-corrected chi connectivity index (χ0v) is 19.6. The van der Waals surface area contributed by atoms with Crippen molar-refractivity contribution in [2.24, 2.45) is 0 Å². The molecule has 1 aliphatic heterocycles. The van der Waals surface area contributed by atoms with Crippen molar-refractivity contribution >= 4 is 11.6 Å². The number of hydrogen-bond acceptors (Lipinski definition) is 5. The monoisotopic (exact) mass is 439 g/mol. The Balaban J connectivity index is 1.48. The van der Waals surface area contributed by atoms with Crippen molar-refractivity contribution in [1.82, 2.24) is 0 Å². The molecule has 1 heterocycles. The Labute approximate surface area is 190 Å². The zero-order valence-electron chi connectivity index (χ0n) is 19.6. The first-order chi connectivity index (χ1) is 15.3. The summed E-state index contributed by atoms with van der Waals surface area (Å²) in [6.07, 6.45) is 4.13. The van der Waals surface area contributed by atoms with Gasteiger partial charge < -0.3 is 23.8 Å². The number of carbonyl (C=O) groups is 1. The first-order valence-electron chi connectivity index (χ1n) is 11.2. The van der Waals surface area contributed by atoms with E-state index in [1.54, 1.807) is 40.0 Å². The highest BCUT2D eigenvalue weighted by atomic mass is 16.5. The number of nitrogens with zero attached hydrogens (tertiary/aromatic N) is 1. The molecule has 2 aliphatic rings. The zero-order chi connectivity index (χ0) is 22.9. The van der Waals surface area contributed by atoms with E-state index in [2.05, 4.69) is 12.1 Å². The van der Waals surface area contributed by atoms with Crippen LogP contribution in [0.25, 0.3) is 0 Å². The van der Waals surface area contributed by atoms with Crippen LogP contribution in [-0.4, -0.2) is 38.9 Å². The number of benzene rings is 2. The van der Waals surface area contributed by atoms with Crippen LogP contribution in [0.2, 0.25) is 0 Å². The highest BCUT2D eigenvalue weighted by molar-refractivity contribution is 6.01. The molecule has 0 saturated heterocycles. The topological polar surface area (TPSA) is 57.2 Å². The second kappa shape index (κ2) is 8.75. The molecule has 1 amide bonds. The Morgan fingerprint density at radius 3 is 2.53 bits per heavy atom. The van der Waals surface area contributed by atoms with Gasteiger partial charge in [-0.05, 0) is 74.9 Å². The molecule has 6 heteroatoms. The molecule has 32 heavy (non-hydrogen) atoms. The molecule has 0 atom stereocenters. The van der Waals surface area contributed by atoms with E-state index in [9.17, 15) is 4.79 Å². The van der Waals surface area contributed by atoms with Crippen LogP contribution in [0.3, 0.4) is 0 Å². The molecule has 2 aromatic carbocycles. The molecule has 0 unspecified atom stereocenters. The van der Waals surface area contributed by atoms with E-state index in [1.807, 2.05) is 30.3 Å². The Morgan fingerprint density at radius 2 is 1.84 bits per heavy atom. The lowest BCUT2D eigenvalue weighted by atomic mass is 9.78. The van der Waals surface area contributed by atoms with Gasteiger partial charge in [0.15, 0.2) is 5.60 Å². The van der Waals surface area contributed by atoms with Gasteiger partial charge >= 0.3 is 0 Å². The van der Waals surface area contributed by atoms with E-state index in [0.717, 1.165) is 48.2 Å². The number of fused-ring (bicyclic) bond motifs is 1. The molecular formula is C26H33NO5. The maximum absolute atomic E-state index is 12.4. The minimum absolute atomic E-state index is 0.0579. The summed E-state index contributed by atoms with van der Waals surface area (Å²) >= 11 is 0. The fourth-order valence-corrected chi connectivity index (χ4v) is 4.78. The number of hydrogen-bond donors (Lipinski definition) is 0. The van der Waals surface area contributed by atoms with E-state index in [4.69, 9.17) is 18.9 Å². The molecule has 1 saturated carbocycles. The predicted molar refractivity (Wildman–Crippen MR) is 123 cm³/mol. The molecule has 0 N–H and O–H groups in total. The van der Waals surface area contributed by atoms with Crippen molar-refractivity contribution in [1.29, 1.82) is 0 Å². The number of likely N-dealkylation sites (N-methyl/N-ethyl adjacent to an activating group) is 1. The van der Waals surface area contributed by atoms with Crippen molar-refractivity contribution in [3.8, 4) is 11.5 Å². The maximum atomic E-state index is 12.4. The molecule has 6 nitrogen and oxygen atoms in total. The minimum Gasteiger partial charge on any atom is -0.489 e. The van der Waals surface area contributed by atoms with E-state index in [1.165, 1.54) is 0 Å². The third kappa shape index (κ3) is 4.21. The van der Waals surface area contributed by atoms with Gasteiger partial charge in [0.2, 0.25) is 0 Å². The van der Waals surface area contributed by atoms with Gasteiger partial charge in [0.25, 0.3) is 5.91 Å². The van der Waals surface area contributed by atoms with Crippen LogP contribution in [0.5, 0.6) is 11.5 Å². The summed E-state index contributed by atoms with van der Waals surface area (Å²) in [6.45, 7) is 3.98. The van der Waals surface area contributed by atoms with Gasteiger partial charge in [-0.1, -0.05) is 18.2 Å². The molecule has 0 spiro atoms. The average molecular weight is 440 g/mol. The van der Waals surface area contributed by atoms with Crippen LogP contribution in [0.1, 0.15) is 50.7 Å². The first-order valence-corrected chi connectivity index (χ1v) is 11.2. The van der Waals surface area contributed by atoms with E-state index in [-0.39, 0.29) is 11.5 Å². The number of carbonyl (C=O) groups excluding carboxylic acids is 1. The van der Waals surface area contributed by atoms with Crippen LogP contribution < -0.4 is 14.4 Å². The van der Waals surface area contributed by atoms with Crippen LogP contribution in [0, 0.1) is 0 Å². The van der Waals surface area contributed by atoms with Gasteiger partial charge in [0.05, 0.1) is 17.4 Å². The summed E-state index contributed by atoms with van der Waals surface area (Å²) in [5, 5.41) is 0. The van der Waals surface area contributed by atoms with Gasteiger partial charge in [-0.15, -0.1) is 0 Å². The van der Waals surface area contributed by atoms with Crippen molar-refractivity contribution < 1.29 is 23.7 Å². The number of anilines is 1. The molecule has 1 aliphatic carbocycles. The van der Waals surface area contributed by atoms with Crippen molar-refractivity contribution in [2.45, 2.75) is 63.4 Å². The SMILES string of the molecule is COC1CCC(OC)(c2cccc(OCc3ccc4c(c3)OC(C)(C)C(=O)N4C)c2)CC1. The Bertz CT molecular complexity index is 978. The second-order valence-corrected chi connectivity index (χ2v) is 9.23. The lowest BCUT2D eigenvalue weighted by Crippen LogP contribution is -2.50. The first kappa shape index (κ1) is 22.6. The normalized spacial score (nSPS) is 24.6. The Kier molecular flexibility index (Phi) is 6.19. The van der Waals surface area contributed by atoms with E-state index >= 15 is 0 Å². The summed E-state index contributed by atoms with van der Waals surface area (Å²) < 4.78 is 23.6. The summed E-state index contributed by atoms with van der Waals surface area (Å²) in [5.74, 6) is 1.44. The lowest BCUT2D eigenvalue weighted by molar-refractivity contribution is -0.132. The van der Waals surface area contributed by atoms with Crippen LogP contribution >= 0.6 is 0 Å². The second-order valence-electron chi connectivity index (χ2n) is 9.23. The Morgan fingerprint density at radius 1 is 1.09 bits per heavy atom. The number of methoxy groups -OCH3 is 2. The number of ether oxygens (including phenoxy) is 4. The van der Waals surface area contributed by atoms with Gasteiger partial charge in [-0.3, -0.25) is 4.79 Å². The molecule has 1 fully saturated rings. The third-order valence-corrected chi connectivity index (χ3v) is 6.80. The number of rotatable bonds is 6. The average Bonchev–Trinajstić information content (AvgIpc) is 2.81. The standard InChI is InChI=1S/C26H33NO5/c1-25(2)24(28)27(3)22-10-9-18(15-23(22)32-25)17-31-21-8-6-7-19(16-21)26(30-5)13-11-20(29-4)12-14-26/h6-10,15-16,20H,11-14,17H2,1-5H3. The Hall–Kier alpha value is -2.57. The van der Waals surface area contributed by atoms with Crippen molar-refractivity contribution in [2.75, 3.05) is 26.2 Å². The quantitative estimate of drug-likeness (QED) is 0.645. The summed E-state index contributed by atoms with van der Waals surface area (Å²) in [6, 6.07) is 14.0. The maximum Gasteiger partial charge on any atom is 0.270 e. The fraction of sp³-hybridized carbons (Fsp3) is 0.500. The summed E-state index contributed by atoms with van der Waals surface area (Å²) in [5.41, 5.74) is 1.72. The minimum atomic E-state index is -0.883. The van der Waals surface area contributed by atoms with E-state index < -0.39 is 5.60 Å². The predicted octanol–water partition coefficient (Wildman–Crippen LogP) is 4.83. The largest absolute Gasteiger partial charge is 0.489 e. The highest BCUT2D eigenvalue weighted by Crippen LogP contribution is 2.42. The lowest BCUT2D eigenvalue weighted by Gasteiger charge is -2.39. The third-order valence-electron chi connectivity index (χ3n) is 6.80. The molecule has 0 radical (unpaired) electrons. The molecule has 172 valence electrons. The molecule has 4 rings (SSSR count). The summed E-state index contributed by atoms with van der Waals surface area (Å²) in [4.78, 5) is 14.1. The van der Waals surface area contributed by atoms with Gasteiger partial charge in [0.1, 0.15) is 18.1 Å². The van der Waals surface area contributed by atoms with Gasteiger partial charge in [-0.2, -0.15) is 0 Å². The van der Waals surface area contributed by atoms with E-state index in [0.29, 0.717) is 18.5 Å². The molecular weight excluding hydrogens is 406 g/mol. The van der Waals surface area contributed by atoms with Gasteiger partial charge in [0, 0.05) is 21.3 Å². The van der Waals surface area contributed by atoms with Crippen LogP contribution in [0.15, 0.2) is 42.5 Å². The van der Waals surface area contributed by atoms with Crippen molar-refractivity contribution in [3.63, 3.8) is 0 Å². The fourth-order valence-electron chi connectivity index (χ4n) is 4.78. The smallest absolute Gasteiger partial charge is 0.270 e. The molecule has 0 bridgehead atoms. The van der Waals surface area contributed by atoms with Crippen LogP contribution in [0.4, 0.5) is 5.69 Å². The van der Waals surface area contributed by atoms with Crippen LogP contribution in [-0.2, 0) is 26.5 Å². The molecule has 2 aromatic rings. The summed E-state index contributed by atoms with van der Waals surface area (Å²) in [7, 11) is 5.34.